The van der Waals surface area contributed by atoms with Gasteiger partial charge in [-0.25, -0.2) is 0 Å². The zero-order valence-electron chi connectivity index (χ0n) is 13.5. The normalized spacial score (nSPS) is 30.1. The van der Waals surface area contributed by atoms with Crippen molar-refractivity contribution in [3.63, 3.8) is 0 Å². The summed E-state index contributed by atoms with van der Waals surface area (Å²) >= 11 is 0. The van der Waals surface area contributed by atoms with Crippen LogP contribution in [-0.2, 0) is 10.8 Å². The highest BCUT2D eigenvalue weighted by atomic mass is 16.3. The Kier molecular flexibility index (Phi) is 3.37. The highest BCUT2D eigenvalue weighted by molar-refractivity contribution is 5.44. The number of fused-ring (bicyclic) bond motifs is 1. The minimum Gasteiger partial charge on any atom is -0.508 e. The van der Waals surface area contributed by atoms with Gasteiger partial charge in [0.2, 0.25) is 0 Å². The molecule has 2 nitrogen and oxygen atoms in total. The van der Waals surface area contributed by atoms with Crippen molar-refractivity contribution in [2.24, 2.45) is 0 Å². The Balaban J connectivity index is 1.87. The second-order valence-electron chi connectivity index (χ2n) is 7.32. The van der Waals surface area contributed by atoms with E-state index in [9.17, 15) is 10.2 Å². The summed E-state index contributed by atoms with van der Waals surface area (Å²) in [7, 11) is 0. The van der Waals surface area contributed by atoms with Crippen LogP contribution in [0.4, 0.5) is 0 Å². The molecular weight excluding hydrogens is 284 g/mol. The van der Waals surface area contributed by atoms with Crippen LogP contribution in [0.3, 0.4) is 0 Å². The van der Waals surface area contributed by atoms with Gasteiger partial charge in [-0.2, -0.15) is 0 Å². The molecule has 2 aliphatic rings. The van der Waals surface area contributed by atoms with Crippen LogP contribution in [-0.4, -0.2) is 10.2 Å². The van der Waals surface area contributed by atoms with E-state index < -0.39 is 0 Å². The molecule has 0 heterocycles. The van der Waals surface area contributed by atoms with E-state index in [1.807, 2.05) is 24.3 Å². The topological polar surface area (TPSA) is 40.5 Å². The highest BCUT2D eigenvalue weighted by Crippen LogP contribution is 2.62. The van der Waals surface area contributed by atoms with Crippen LogP contribution in [0.5, 0.6) is 11.5 Å². The predicted molar refractivity (Wildman–Crippen MR) is 91.9 cm³/mol. The average molecular weight is 308 g/mol. The van der Waals surface area contributed by atoms with Crippen molar-refractivity contribution in [1.29, 1.82) is 0 Å². The quantitative estimate of drug-likeness (QED) is 0.816. The number of hydrogen-bond acceptors (Lipinski definition) is 2. The van der Waals surface area contributed by atoms with Gasteiger partial charge in [0, 0.05) is 10.8 Å². The van der Waals surface area contributed by atoms with Gasteiger partial charge in [-0.1, -0.05) is 43.5 Å². The first kappa shape index (κ1) is 14.6. The fourth-order valence-corrected chi connectivity index (χ4v) is 5.44. The van der Waals surface area contributed by atoms with Gasteiger partial charge in [0.25, 0.3) is 0 Å². The molecule has 2 heteroatoms. The van der Waals surface area contributed by atoms with Gasteiger partial charge in [-0.15, -0.1) is 0 Å². The minimum absolute atomic E-state index is 0.177. The Morgan fingerprint density at radius 1 is 0.522 bits per heavy atom. The van der Waals surface area contributed by atoms with Crippen LogP contribution in [0.1, 0.15) is 56.1 Å². The summed E-state index contributed by atoms with van der Waals surface area (Å²) in [6, 6.07) is 15.8. The second-order valence-corrected chi connectivity index (χ2v) is 7.32. The molecule has 0 aromatic heterocycles. The van der Waals surface area contributed by atoms with Gasteiger partial charge < -0.3 is 10.2 Å². The molecule has 23 heavy (non-hydrogen) atoms. The maximum Gasteiger partial charge on any atom is 0.115 e. The van der Waals surface area contributed by atoms with Gasteiger partial charge in [-0.3, -0.25) is 0 Å². The lowest BCUT2D eigenvalue weighted by Gasteiger charge is -2.51. The van der Waals surface area contributed by atoms with E-state index in [1.165, 1.54) is 56.1 Å². The largest absolute Gasteiger partial charge is 0.508 e. The zero-order chi connectivity index (χ0) is 15.9. The molecule has 2 aromatic rings. The molecule has 0 spiro atoms. The summed E-state index contributed by atoms with van der Waals surface area (Å²) in [4.78, 5) is 0. The van der Waals surface area contributed by atoms with Gasteiger partial charge in [-0.05, 0) is 61.1 Å². The number of phenols is 2. The third-order valence-corrected chi connectivity index (χ3v) is 6.42. The van der Waals surface area contributed by atoms with E-state index in [0.717, 1.165) is 0 Å². The molecule has 2 aliphatic carbocycles. The molecule has 2 unspecified atom stereocenters. The molecule has 120 valence electrons. The number of phenolic OH excluding ortho intramolecular Hbond substituents is 2. The molecule has 0 bridgehead atoms. The van der Waals surface area contributed by atoms with Crippen molar-refractivity contribution < 1.29 is 10.2 Å². The van der Waals surface area contributed by atoms with Gasteiger partial charge in [0.15, 0.2) is 0 Å². The van der Waals surface area contributed by atoms with E-state index in [0.29, 0.717) is 11.5 Å². The number of hydrogen-bond donors (Lipinski definition) is 2. The monoisotopic (exact) mass is 308 g/mol. The first-order valence-corrected chi connectivity index (χ1v) is 8.75. The zero-order valence-corrected chi connectivity index (χ0v) is 13.5. The lowest BCUT2D eigenvalue weighted by atomic mass is 9.52. The highest BCUT2D eigenvalue weighted by Gasteiger charge is 2.56. The van der Waals surface area contributed by atoms with Crippen molar-refractivity contribution >= 4 is 0 Å². The minimum atomic E-state index is 0.177. The Bertz CT molecular complexity index is 627. The summed E-state index contributed by atoms with van der Waals surface area (Å²) in [6.07, 6.45) is 8.69. The molecule has 2 N–H and O–H groups in total. The third kappa shape index (κ3) is 2.08. The molecule has 2 fully saturated rings. The van der Waals surface area contributed by atoms with Crippen molar-refractivity contribution in [2.75, 3.05) is 0 Å². The molecule has 2 saturated carbocycles. The number of rotatable bonds is 2. The van der Waals surface area contributed by atoms with Crippen LogP contribution in [0.25, 0.3) is 0 Å². The molecule has 0 aliphatic heterocycles. The molecule has 0 saturated heterocycles. The van der Waals surface area contributed by atoms with Crippen LogP contribution < -0.4 is 0 Å². The molecular formula is C21H24O2. The Labute approximate surface area is 137 Å². The lowest BCUT2D eigenvalue weighted by molar-refractivity contribution is 0.171. The Morgan fingerprint density at radius 2 is 0.870 bits per heavy atom. The van der Waals surface area contributed by atoms with Crippen molar-refractivity contribution in [1.82, 2.24) is 0 Å². The maximum absolute atomic E-state index is 9.68. The van der Waals surface area contributed by atoms with E-state index in [-0.39, 0.29) is 10.8 Å². The lowest BCUT2D eigenvalue weighted by Crippen LogP contribution is -2.47. The molecule has 0 amide bonds. The van der Waals surface area contributed by atoms with Crippen molar-refractivity contribution in [3.05, 3.63) is 59.7 Å². The summed E-state index contributed by atoms with van der Waals surface area (Å²) in [5.74, 6) is 0.684. The number of aromatic hydroxyl groups is 2. The summed E-state index contributed by atoms with van der Waals surface area (Å²) < 4.78 is 0. The smallest absolute Gasteiger partial charge is 0.115 e. The van der Waals surface area contributed by atoms with Crippen LogP contribution in [0.15, 0.2) is 48.5 Å². The fourth-order valence-electron chi connectivity index (χ4n) is 5.44. The first-order valence-electron chi connectivity index (χ1n) is 8.75. The van der Waals surface area contributed by atoms with Crippen molar-refractivity contribution in [3.8, 4) is 11.5 Å². The van der Waals surface area contributed by atoms with Gasteiger partial charge in [0.05, 0.1) is 0 Å². The van der Waals surface area contributed by atoms with Gasteiger partial charge in [0.1, 0.15) is 11.5 Å². The van der Waals surface area contributed by atoms with E-state index >= 15 is 0 Å². The van der Waals surface area contributed by atoms with Crippen LogP contribution in [0, 0.1) is 0 Å². The third-order valence-electron chi connectivity index (χ3n) is 6.42. The molecule has 2 atom stereocenters. The average Bonchev–Trinajstić information content (AvgIpc) is 2.97. The molecule has 0 radical (unpaired) electrons. The SMILES string of the molecule is Oc1ccc(C23CCCCC2(c2ccc(O)cc2)CCC3)cc1. The summed E-state index contributed by atoms with van der Waals surface area (Å²) in [5.41, 5.74) is 3.10. The standard InChI is InChI=1S/C21H24O2/c22-18-8-4-16(5-9-18)20-12-1-2-13-21(20,15-3-14-20)17-6-10-19(23)11-7-17/h4-11,22-23H,1-3,12-15H2. The Hall–Kier alpha value is -1.96. The van der Waals surface area contributed by atoms with E-state index in [2.05, 4.69) is 24.3 Å². The maximum atomic E-state index is 9.68. The fraction of sp³-hybridized carbons (Fsp3) is 0.429. The predicted octanol–water partition coefficient (Wildman–Crippen LogP) is 5.03. The second kappa shape index (κ2) is 5.30. The van der Waals surface area contributed by atoms with E-state index in [4.69, 9.17) is 0 Å². The number of benzene rings is 2. The molecule has 2 aromatic carbocycles. The first-order chi connectivity index (χ1) is 11.2. The summed E-state index contributed by atoms with van der Waals surface area (Å²) in [5, 5.41) is 19.4. The summed E-state index contributed by atoms with van der Waals surface area (Å²) in [6.45, 7) is 0. The molecule has 4 rings (SSSR count). The van der Waals surface area contributed by atoms with Crippen LogP contribution >= 0.6 is 0 Å². The van der Waals surface area contributed by atoms with Gasteiger partial charge >= 0.3 is 0 Å². The van der Waals surface area contributed by atoms with Crippen molar-refractivity contribution in [2.45, 2.75) is 55.8 Å². The van der Waals surface area contributed by atoms with E-state index in [1.54, 1.807) is 0 Å². The van der Waals surface area contributed by atoms with Crippen LogP contribution in [0.2, 0.25) is 0 Å². The Morgan fingerprint density at radius 3 is 1.26 bits per heavy atom.